The SMILES string of the molecule is CC(C1CC1)N1N=C(CC(=O)O)CC1=O. The number of nitrogens with zero attached hydrogens (tertiary/aromatic N) is 2. The molecule has 5 nitrogen and oxygen atoms in total. The fourth-order valence-electron chi connectivity index (χ4n) is 1.87. The van der Waals surface area contributed by atoms with E-state index in [4.69, 9.17) is 5.11 Å². The van der Waals surface area contributed by atoms with E-state index in [1.807, 2.05) is 6.92 Å². The Bertz CT molecular complexity index is 334. The van der Waals surface area contributed by atoms with Gasteiger partial charge in [0.05, 0.1) is 24.6 Å². The summed E-state index contributed by atoms with van der Waals surface area (Å²) < 4.78 is 0. The quantitative estimate of drug-likeness (QED) is 0.747. The van der Waals surface area contributed by atoms with Crippen LogP contribution in [0.25, 0.3) is 0 Å². The molecule has 0 spiro atoms. The zero-order valence-electron chi connectivity index (χ0n) is 8.64. The van der Waals surface area contributed by atoms with Gasteiger partial charge in [-0.2, -0.15) is 5.10 Å². The van der Waals surface area contributed by atoms with Gasteiger partial charge in [0, 0.05) is 0 Å². The summed E-state index contributed by atoms with van der Waals surface area (Å²) >= 11 is 0. The van der Waals surface area contributed by atoms with E-state index in [0.29, 0.717) is 11.6 Å². The molecule has 1 saturated carbocycles. The normalized spacial score (nSPS) is 22.9. The van der Waals surface area contributed by atoms with Gasteiger partial charge >= 0.3 is 5.97 Å². The zero-order valence-corrected chi connectivity index (χ0v) is 8.64. The number of carbonyl (C=O) groups is 2. The highest BCUT2D eigenvalue weighted by atomic mass is 16.4. The van der Waals surface area contributed by atoms with Crippen LogP contribution in [-0.4, -0.2) is 33.7 Å². The molecule has 1 fully saturated rings. The fourth-order valence-corrected chi connectivity index (χ4v) is 1.87. The van der Waals surface area contributed by atoms with Crippen molar-refractivity contribution in [2.24, 2.45) is 11.0 Å². The van der Waals surface area contributed by atoms with E-state index in [1.54, 1.807) is 0 Å². The summed E-state index contributed by atoms with van der Waals surface area (Å²) in [5.74, 6) is -0.435. The predicted octanol–water partition coefficient (Wildman–Crippen LogP) is 0.848. The third-order valence-electron chi connectivity index (χ3n) is 2.91. The van der Waals surface area contributed by atoms with Crippen molar-refractivity contribution in [1.29, 1.82) is 0 Å². The van der Waals surface area contributed by atoms with Gasteiger partial charge in [-0.1, -0.05) is 0 Å². The van der Waals surface area contributed by atoms with E-state index < -0.39 is 5.97 Å². The maximum absolute atomic E-state index is 11.6. The van der Waals surface area contributed by atoms with Gasteiger partial charge in [0.2, 0.25) is 5.91 Å². The molecule has 2 rings (SSSR count). The number of hydrogen-bond acceptors (Lipinski definition) is 3. The van der Waals surface area contributed by atoms with Gasteiger partial charge < -0.3 is 5.11 Å². The minimum absolute atomic E-state index is 0.0642. The Kier molecular flexibility index (Phi) is 2.46. The minimum Gasteiger partial charge on any atom is -0.481 e. The third-order valence-corrected chi connectivity index (χ3v) is 2.91. The van der Waals surface area contributed by atoms with Crippen molar-refractivity contribution in [1.82, 2.24) is 5.01 Å². The maximum Gasteiger partial charge on any atom is 0.309 e. The predicted molar refractivity (Wildman–Crippen MR) is 53.3 cm³/mol. The summed E-state index contributed by atoms with van der Waals surface area (Å²) in [5, 5.41) is 14.2. The highest BCUT2D eigenvalue weighted by molar-refractivity contribution is 6.10. The van der Waals surface area contributed by atoms with Crippen molar-refractivity contribution in [3.8, 4) is 0 Å². The Morgan fingerprint density at radius 3 is 2.87 bits per heavy atom. The smallest absolute Gasteiger partial charge is 0.309 e. The molecule has 1 N–H and O–H groups in total. The number of carboxylic acids is 1. The monoisotopic (exact) mass is 210 g/mol. The summed E-state index contributed by atoms with van der Waals surface area (Å²) in [6.07, 6.45) is 2.34. The first-order valence-electron chi connectivity index (χ1n) is 5.18. The maximum atomic E-state index is 11.6. The molecule has 0 bridgehead atoms. The Morgan fingerprint density at radius 1 is 1.67 bits per heavy atom. The average molecular weight is 210 g/mol. The van der Waals surface area contributed by atoms with E-state index in [-0.39, 0.29) is 24.8 Å². The molecule has 0 aromatic carbocycles. The zero-order chi connectivity index (χ0) is 11.0. The van der Waals surface area contributed by atoms with E-state index in [9.17, 15) is 9.59 Å². The van der Waals surface area contributed by atoms with Crippen LogP contribution in [0.15, 0.2) is 5.10 Å². The van der Waals surface area contributed by atoms with Crippen molar-refractivity contribution in [3.05, 3.63) is 0 Å². The Labute approximate surface area is 87.8 Å². The lowest BCUT2D eigenvalue weighted by atomic mass is 10.2. The molecule has 0 radical (unpaired) electrons. The Morgan fingerprint density at radius 2 is 2.33 bits per heavy atom. The van der Waals surface area contributed by atoms with Gasteiger partial charge in [-0.05, 0) is 25.7 Å². The lowest BCUT2D eigenvalue weighted by molar-refractivity contribution is -0.135. The Hall–Kier alpha value is -1.39. The van der Waals surface area contributed by atoms with E-state index in [1.165, 1.54) is 5.01 Å². The summed E-state index contributed by atoms with van der Waals surface area (Å²) in [6, 6.07) is 0.129. The number of carboxylic acid groups (broad SMARTS) is 1. The largest absolute Gasteiger partial charge is 0.481 e. The first kappa shape index (κ1) is 10.1. The van der Waals surface area contributed by atoms with Gasteiger partial charge in [-0.3, -0.25) is 9.59 Å². The van der Waals surface area contributed by atoms with Crippen molar-refractivity contribution in [2.75, 3.05) is 0 Å². The summed E-state index contributed by atoms with van der Waals surface area (Å²) in [6.45, 7) is 1.97. The molecule has 1 atom stereocenters. The summed E-state index contributed by atoms with van der Waals surface area (Å²) in [7, 11) is 0. The van der Waals surface area contributed by atoms with Crippen LogP contribution in [0.5, 0.6) is 0 Å². The molecule has 1 unspecified atom stereocenters. The highest BCUT2D eigenvalue weighted by Crippen LogP contribution is 2.36. The van der Waals surface area contributed by atoms with Gasteiger partial charge in [0.25, 0.3) is 0 Å². The third kappa shape index (κ3) is 2.16. The summed E-state index contributed by atoms with van der Waals surface area (Å²) in [5.41, 5.74) is 0.472. The van der Waals surface area contributed by atoms with Crippen LogP contribution < -0.4 is 0 Å². The molecular formula is C10H14N2O3. The molecule has 1 amide bonds. The molecule has 1 aliphatic heterocycles. The van der Waals surface area contributed by atoms with Crippen LogP contribution in [0.4, 0.5) is 0 Å². The second-order valence-electron chi connectivity index (χ2n) is 4.23. The number of hydrogen-bond donors (Lipinski definition) is 1. The van der Waals surface area contributed by atoms with Crippen LogP contribution in [0, 0.1) is 5.92 Å². The van der Waals surface area contributed by atoms with Crippen LogP contribution in [-0.2, 0) is 9.59 Å². The standard InChI is InChI=1S/C10H14N2O3/c1-6(7-2-3-7)12-9(13)4-8(11-12)5-10(14)15/h6-7H,2-5H2,1H3,(H,14,15). The van der Waals surface area contributed by atoms with Crippen LogP contribution in [0.1, 0.15) is 32.6 Å². The van der Waals surface area contributed by atoms with Crippen molar-refractivity contribution >= 4 is 17.6 Å². The van der Waals surface area contributed by atoms with E-state index in [2.05, 4.69) is 5.10 Å². The molecule has 1 aliphatic carbocycles. The molecule has 2 aliphatic rings. The molecule has 1 heterocycles. The topological polar surface area (TPSA) is 70.0 Å². The summed E-state index contributed by atoms with van der Waals surface area (Å²) in [4.78, 5) is 22.0. The average Bonchev–Trinajstić information content (AvgIpc) is 2.90. The van der Waals surface area contributed by atoms with Crippen LogP contribution in [0.2, 0.25) is 0 Å². The van der Waals surface area contributed by atoms with E-state index >= 15 is 0 Å². The molecule has 0 aromatic rings. The lowest BCUT2D eigenvalue weighted by Crippen LogP contribution is -2.32. The number of carbonyl (C=O) groups excluding carboxylic acids is 1. The van der Waals surface area contributed by atoms with Gasteiger partial charge in [-0.25, -0.2) is 5.01 Å². The van der Waals surface area contributed by atoms with Crippen molar-refractivity contribution in [3.63, 3.8) is 0 Å². The number of aliphatic carboxylic acids is 1. The second kappa shape index (κ2) is 3.64. The minimum atomic E-state index is -0.928. The van der Waals surface area contributed by atoms with Crippen LogP contribution in [0.3, 0.4) is 0 Å². The molecular weight excluding hydrogens is 196 g/mol. The molecule has 5 heteroatoms. The number of rotatable bonds is 4. The highest BCUT2D eigenvalue weighted by Gasteiger charge is 2.37. The first-order valence-corrected chi connectivity index (χ1v) is 5.18. The fraction of sp³-hybridized carbons (Fsp3) is 0.700. The second-order valence-corrected chi connectivity index (χ2v) is 4.23. The van der Waals surface area contributed by atoms with Gasteiger partial charge in [0.1, 0.15) is 0 Å². The van der Waals surface area contributed by atoms with Crippen LogP contribution >= 0.6 is 0 Å². The van der Waals surface area contributed by atoms with E-state index in [0.717, 1.165) is 12.8 Å². The Balaban J connectivity index is 2.02. The number of amides is 1. The lowest BCUT2D eigenvalue weighted by Gasteiger charge is -2.19. The van der Waals surface area contributed by atoms with Crippen molar-refractivity contribution < 1.29 is 14.7 Å². The molecule has 15 heavy (non-hydrogen) atoms. The van der Waals surface area contributed by atoms with Gasteiger partial charge in [0.15, 0.2) is 0 Å². The molecule has 0 saturated heterocycles. The van der Waals surface area contributed by atoms with Crippen molar-refractivity contribution in [2.45, 2.75) is 38.6 Å². The first-order chi connectivity index (χ1) is 7.08. The molecule has 0 aromatic heterocycles. The number of hydrazone groups is 1. The molecule has 82 valence electrons. The van der Waals surface area contributed by atoms with Gasteiger partial charge in [-0.15, -0.1) is 0 Å².